The average Bonchev–Trinajstić information content (AvgIpc) is 2.44. The molecule has 0 aromatic carbocycles. The van der Waals surface area contributed by atoms with Crippen LogP contribution in [0.1, 0.15) is 67.2 Å². The predicted molar refractivity (Wildman–Crippen MR) is 98.1 cm³/mol. The smallest absolute Gasteiger partial charge is 0.0578 e. The normalized spacial score (nSPS) is 18.5. The number of nitrogens with one attached hydrogen (secondary N) is 2. The van der Waals surface area contributed by atoms with Crippen LogP contribution in [-0.2, 0) is 0 Å². The van der Waals surface area contributed by atoms with Crippen molar-refractivity contribution in [3.8, 4) is 0 Å². The Balaban J connectivity index is 3.01. The van der Waals surface area contributed by atoms with Gasteiger partial charge in [-0.15, -0.1) is 0 Å². The van der Waals surface area contributed by atoms with Crippen LogP contribution in [-0.4, -0.2) is 11.4 Å². The molecule has 2 unspecified atom stereocenters. The van der Waals surface area contributed by atoms with Gasteiger partial charge in [0.15, 0.2) is 0 Å². The molecule has 22 heavy (non-hydrogen) atoms. The summed E-state index contributed by atoms with van der Waals surface area (Å²) >= 11 is 0. The van der Waals surface area contributed by atoms with Crippen LogP contribution >= 0.6 is 0 Å². The van der Waals surface area contributed by atoms with Crippen molar-refractivity contribution in [3.63, 3.8) is 0 Å². The standard InChI is InChI=1S/C20H34N2/c1-13(2)7-9-15(5)19-17(21)11-12-18(22)20(19)16(6)10-8-14(3)4/h11-16,21-22H,7-10H2,1-6H3. The van der Waals surface area contributed by atoms with E-state index in [1.807, 2.05) is 12.2 Å². The molecule has 0 radical (unpaired) electrons. The highest BCUT2D eigenvalue weighted by Gasteiger charge is 2.26. The molecule has 1 rings (SSSR count). The number of allylic oxidation sites excluding steroid dienone is 4. The molecule has 0 aliphatic heterocycles. The van der Waals surface area contributed by atoms with Gasteiger partial charge in [-0.05, 0) is 59.8 Å². The monoisotopic (exact) mass is 302 g/mol. The third kappa shape index (κ3) is 5.23. The fourth-order valence-electron chi connectivity index (χ4n) is 3.15. The molecule has 0 aromatic rings. The topological polar surface area (TPSA) is 47.7 Å². The van der Waals surface area contributed by atoms with Crippen LogP contribution in [0.5, 0.6) is 0 Å². The Morgan fingerprint density at radius 2 is 0.955 bits per heavy atom. The molecule has 2 nitrogen and oxygen atoms in total. The molecule has 0 aromatic heterocycles. The Hall–Kier alpha value is -1.18. The molecule has 0 spiro atoms. The minimum atomic E-state index is 0.372. The molecule has 124 valence electrons. The molecule has 2 heteroatoms. The average molecular weight is 303 g/mol. The molecule has 2 N–H and O–H groups in total. The molecule has 0 saturated heterocycles. The number of rotatable bonds is 8. The van der Waals surface area contributed by atoms with Crippen molar-refractivity contribution in [2.24, 2.45) is 23.7 Å². The van der Waals surface area contributed by atoms with Gasteiger partial charge in [0.1, 0.15) is 0 Å². The van der Waals surface area contributed by atoms with E-state index in [4.69, 9.17) is 10.8 Å². The predicted octanol–water partition coefficient (Wildman–Crippen LogP) is 6.04. The second-order valence-corrected chi connectivity index (χ2v) is 7.73. The van der Waals surface area contributed by atoms with E-state index in [0.717, 1.165) is 24.0 Å². The minimum Gasteiger partial charge on any atom is -0.301 e. The van der Waals surface area contributed by atoms with Gasteiger partial charge in [0.05, 0.1) is 11.4 Å². The van der Waals surface area contributed by atoms with Gasteiger partial charge < -0.3 is 10.8 Å². The lowest BCUT2D eigenvalue weighted by molar-refractivity contribution is 0.477. The Kier molecular flexibility index (Phi) is 7.25. The summed E-state index contributed by atoms with van der Waals surface area (Å²) < 4.78 is 0. The zero-order chi connectivity index (χ0) is 16.9. The van der Waals surface area contributed by atoms with Crippen molar-refractivity contribution in [2.75, 3.05) is 0 Å². The van der Waals surface area contributed by atoms with Crippen molar-refractivity contribution in [1.82, 2.24) is 0 Å². The van der Waals surface area contributed by atoms with E-state index < -0.39 is 0 Å². The van der Waals surface area contributed by atoms with E-state index in [2.05, 4.69) is 41.5 Å². The van der Waals surface area contributed by atoms with Crippen LogP contribution in [0.3, 0.4) is 0 Å². The second-order valence-electron chi connectivity index (χ2n) is 7.73. The van der Waals surface area contributed by atoms with Gasteiger partial charge in [0, 0.05) is 0 Å². The highest BCUT2D eigenvalue weighted by molar-refractivity contribution is 6.22. The molecule has 0 fully saturated rings. The van der Waals surface area contributed by atoms with E-state index in [-0.39, 0.29) is 0 Å². The van der Waals surface area contributed by atoms with Crippen LogP contribution in [0.2, 0.25) is 0 Å². The van der Waals surface area contributed by atoms with Gasteiger partial charge in [-0.2, -0.15) is 0 Å². The summed E-state index contributed by atoms with van der Waals surface area (Å²) in [6, 6.07) is 0. The highest BCUT2D eigenvalue weighted by atomic mass is 14.5. The summed E-state index contributed by atoms with van der Waals surface area (Å²) in [5.41, 5.74) is 3.51. The zero-order valence-electron chi connectivity index (χ0n) is 15.3. The van der Waals surface area contributed by atoms with E-state index >= 15 is 0 Å². The molecule has 1 aliphatic rings. The van der Waals surface area contributed by atoms with Gasteiger partial charge in [0.25, 0.3) is 0 Å². The molecule has 0 bridgehead atoms. The largest absolute Gasteiger partial charge is 0.301 e. The first-order valence-electron chi connectivity index (χ1n) is 8.84. The van der Waals surface area contributed by atoms with Gasteiger partial charge in [-0.25, -0.2) is 0 Å². The van der Waals surface area contributed by atoms with Crippen LogP contribution in [0, 0.1) is 34.5 Å². The summed E-state index contributed by atoms with van der Waals surface area (Å²) in [5.74, 6) is 2.13. The molecular weight excluding hydrogens is 268 g/mol. The van der Waals surface area contributed by atoms with Gasteiger partial charge in [0.2, 0.25) is 0 Å². The molecule has 0 heterocycles. The van der Waals surface area contributed by atoms with Gasteiger partial charge in [-0.3, -0.25) is 0 Å². The lowest BCUT2D eigenvalue weighted by atomic mass is 9.77. The maximum Gasteiger partial charge on any atom is 0.0578 e. The lowest BCUT2D eigenvalue weighted by Crippen LogP contribution is -2.23. The van der Waals surface area contributed by atoms with Crippen molar-refractivity contribution >= 4 is 11.4 Å². The quantitative estimate of drug-likeness (QED) is 0.514. The van der Waals surface area contributed by atoms with Crippen molar-refractivity contribution in [3.05, 3.63) is 23.3 Å². The van der Waals surface area contributed by atoms with Crippen molar-refractivity contribution in [1.29, 1.82) is 10.8 Å². The summed E-state index contributed by atoms with van der Waals surface area (Å²) in [5, 5.41) is 16.7. The van der Waals surface area contributed by atoms with Gasteiger partial charge >= 0.3 is 0 Å². The van der Waals surface area contributed by atoms with Gasteiger partial charge in [-0.1, -0.05) is 54.4 Å². The maximum atomic E-state index is 8.35. The minimum absolute atomic E-state index is 0.372. The first kappa shape index (κ1) is 18.9. The number of hydrogen-bond donors (Lipinski definition) is 2. The molecule has 0 saturated carbocycles. The van der Waals surface area contributed by atoms with Crippen LogP contribution < -0.4 is 0 Å². The van der Waals surface area contributed by atoms with E-state index in [0.29, 0.717) is 35.1 Å². The van der Waals surface area contributed by atoms with Crippen molar-refractivity contribution < 1.29 is 0 Å². The summed E-state index contributed by atoms with van der Waals surface area (Å²) in [6.07, 6.45) is 8.20. The molecule has 2 atom stereocenters. The maximum absolute atomic E-state index is 8.35. The summed E-state index contributed by atoms with van der Waals surface area (Å²) in [6.45, 7) is 13.5. The highest BCUT2D eigenvalue weighted by Crippen LogP contribution is 2.32. The second kappa shape index (κ2) is 8.45. The summed E-state index contributed by atoms with van der Waals surface area (Å²) in [4.78, 5) is 0. The molecular formula is C20H34N2. The number of hydrogen-bond acceptors (Lipinski definition) is 2. The Bertz CT molecular complexity index is 424. The SMILES string of the molecule is CC(C)CCC(C)C1=C(C(C)CCC(C)C)C(=N)C=CC1=N. The molecule has 1 aliphatic carbocycles. The lowest BCUT2D eigenvalue weighted by Gasteiger charge is -2.28. The first-order valence-corrected chi connectivity index (χ1v) is 8.84. The van der Waals surface area contributed by atoms with Crippen LogP contribution in [0.25, 0.3) is 0 Å². The summed E-state index contributed by atoms with van der Waals surface area (Å²) in [7, 11) is 0. The third-order valence-electron chi connectivity index (χ3n) is 4.63. The first-order chi connectivity index (χ1) is 10.2. The van der Waals surface area contributed by atoms with Crippen molar-refractivity contribution in [2.45, 2.75) is 67.2 Å². The third-order valence-corrected chi connectivity index (χ3v) is 4.63. The fourth-order valence-corrected chi connectivity index (χ4v) is 3.15. The van der Waals surface area contributed by atoms with E-state index in [1.54, 1.807) is 0 Å². The fraction of sp³-hybridized carbons (Fsp3) is 0.700. The Labute approximate surface area is 137 Å². The Morgan fingerprint density at radius 1 is 0.636 bits per heavy atom. The zero-order valence-corrected chi connectivity index (χ0v) is 15.3. The Morgan fingerprint density at radius 3 is 1.23 bits per heavy atom. The van der Waals surface area contributed by atoms with E-state index in [1.165, 1.54) is 12.8 Å². The van der Waals surface area contributed by atoms with Crippen LogP contribution in [0.4, 0.5) is 0 Å². The van der Waals surface area contributed by atoms with Crippen LogP contribution in [0.15, 0.2) is 23.3 Å². The van der Waals surface area contributed by atoms with E-state index in [9.17, 15) is 0 Å². The molecule has 0 amide bonds.